The van der Waals surface area contributed by atoms with Gasteiger partial charge in [-0.1, -0.05) is 20.8 Å². The molecule has 0 aromatic carbocycles. The summed E-state index contributed by atoms with van der Waals surface area (Å²) in [6.07, 6.45) is 2.69. The van der Waals surface area contributed by atoms with E-state index in [0.29, 0.717) is 6.42 Å². The standard InChI is InChI=1S/C15H28N4O/c1-7-15(6,18(8-2)9-3)13(20)10-14-16-11-17-19(14)12(4)5/h11-12H,7-10H2,1-6H3. The molecule has 0 N–H and O–H groups in total. The highest BCUT2D eigenvalue weighted by Crippen LogP contribution is 2.22. The number of hydrogen-bond acceptors (Lipinski definition) is 4. The van der Waals surface area contributed by atoms with Gasteiger partial charge in [0.1, 0.15) is 12.2 Å². The van der Waals surface area contributed by atoms with Crippen LogP contribution in [0.3, 0.4) is 0 Å². The SMILES string of the molecule is CCN(CC)C(C)(CC)C(=O)Cc1ncnn1C(C)C. The number of nitrogens with zero attached hydrogens (tertiary/aromatic N) is 4. The van der Waals surface area contributed by atoms with Gasteiger partial charge in [-0.2, -0.15) is 5.10 Å². The molecule has 0 radical (unpaired) electrons. The van der Waals surface area contributed by atoms with E-state index in [1.165, 1.54) is 6.33 Å². The quantitative estimate of drug-likeness (QED) is 0.734. The third-order valence-electron chi connectivity index (χ3n) is 4.21. The Labute approximate surface area is 122 Å². The number of hydrogen-bond donors (Lipinski definition) is 0. The van der Waals surface area contributed by atoms with Crippen LogP contribution < -0.4 is 0 Å². The molecule has 1 heterocycles. The maximum Gasteiger partial charge on any atom is 0.160 e. The van der Waals surface area contributed by atoms with Crippen molar-refractivity contribution in [1.82, 2.24) is 19.7 Å². The average Bonchev–Trinajstić information content (AvgIpc) is 2.87. The van der Waals surface area contributed by atoms with Crippen LogP contribution in [0.5, 0.6) is 0 Å². The van der Waals surface area contributed by atoms with E-state index in [1.807, 2.05) is 25.5 Å². The fourth-order valence-corrected chi connectivity index (χ4v) is 2.68. The van der Waals surface area contributed by atoms with E-state index < -0.39 is 5.54 Å². The van der Waals surface area contributed by atoms with Crippen LogP contribution in [0.25, 0.3) is 0 Å². The maximum absolute atomic E-state index is 12.8. The normalized spacial score (nSPS) is 14.8. The maximum atomic E-state index is 12.8. The van der Waals surface area contributed by atoms with E-state index in [4.69, 9.17) is 0 Å². The van der Waals surface area contributed by atoms with Crippen LogP contribution in [0.2, 0.25) is 0 Å². The minimum atomic E-state index is -0.419. The molecular formula is C15H28N4O. The van der Waals surface area contributed by atoms with Crippen molar-refractivity contribution in [3.05, 3.63) is 12.2 Å². The zero-order valence-corrected chi connectivity index (χ0v) is 13.7. The first-order chi connectivity index (χ1) is 9.40. The van der Waals surface area contributed by atoms with Gasteiger partial charge in [0.2, 0.25) is 0 Å². The molecule has 1 atom stereocenters. The lowest BCUT2D eigenvalue weighted by Gasteiger charge is -2.38. The number of aromatic nitrogens is 3. The Kier molecular flexibility index (Phi) is 5.87. The first-order valence-electron chi connectivity index (χ1n) is 7.57. The van der Waals surface area contributed by atoms with Crippen molar-refractivity contribution in [2.45, 2.75) is 66.0 Å². The van der Waals surface area contributed by atoms with Crippen molar-refractivity contribution in [1.29, 1.82) is 0 Å². The molecule has 0 saturated carbocycles. The van der Waals surface area contributed by atoms with Gasteiger partial charge in [0.15, 0.2) is 5.78 Å². The van der Waals surface area contributed by atoms with E-state index in [9.17, 15) is 4.79 Å². The van der Waals surface area contributed by atoms with Gasteiger partial charge in [-0.3, -0.25) is 9.69 Å². The average molecular weight is 280 g/mol. The summed E-state index contributed by atoms with van der Waals surface area (Å²) < 4.78 is 1.83. The van der Waals surface area contributed by atoms with Crippen LogP contribution in [0.15, 0.2) is 6.33 Å². The molecular weight excluding hydrogens is 252 g/mol. The van der Waals surface area contributed by atoms with E-state index >= 15 is 0 Å². The molecule has 114 valence electrons. The highest BCUT2D eigenvalue weighted by Gasteiger charge is 2.36. The zero-order valence-electron chi connectivity index (χ0n) is 13.7. The molecule has 0 spiro atoms. The van der Waals surface area contributed by atoms with Crippen LogP contribution in [0.1, 0.15) is 59.8 Å². The van der Waals surface area contributed by atoms with Gasteiger partial charge < -0.3 is 0 Å². The Bertz CT molecular complexity index is 437. The molecule has 0 aliphatic heterocycles. The van der Waals surface area contributed by atoms with E-state index in [-0.39, 0.29) is 11.8 Å². The molecule has 1 aromatic heterocycles. The second kappa shape index (κ2) is 6.97. The van der Waals surface area contributed by atoms with Crippen molar-refractivity contribution >= 4 is 5.78 Å². The molecule has 5 heteroatoms. The van der Waals surface area contributed by atoms with E-state index in [2.05, 4.69) is 35.8 Å². The van der Waals surface area contributed by atoms with Gasteiger partial charge in [-0.25, -0.2) is 9.67 Å². The smallest absolute Gasteiger partial charge is 0.160 e. The third kappa shape index (κ3) is 3.26. The predicted octanol–water partition coefficient (Wildman–Crippen LogP) is 2.48. The number of rotatable bonds is 8. The molecule has 0 aliphatic carbocycles. The lowest BCUT2D eigenvalue weighted by atomic mass is 9.88. The molecule has 0 fully saturated rings. The van der Waals surface area contributed by atoms with Gasteiger partial charge in [-0.05, 0) is 40.3 Å². The second-order valence-corrected chi connectivity index (χ2v) is 5.61. The van der Waals surface area contributed by atoms with E-state index in [1.54, 1.807) is 0 Å². The minimum Gasteiger partial charge on any atom is -0.297 e. The summed E-state index contributed by atoms with van der Waals surface area (Å²) in [6.45, 7) is 14.2. The van der Waals surface area contributed by atoms with Gasteiger partial charge >= 0.3 is 0 Å². The zero-order chi connectivity index (χ0) is 15.3. The molecule has 5 nitrogen and oxygen atoms in total. The molecule has 20 heavy (non-hydrogen) atoms. The topological polar surface area (TPSA) is 51.0 Å². The Morgan fingerprint density at radius 3 is 2.40 bits per heavy atom. The summed E-state index contributed by atoms with van der Waals surface area (Å²) in [4.78, 5) is 19.3. The molecule has 0 saturated heterocycles. The summed E-state index contributed by atoms with van der Waals surface area (Å²) in [5, 5.41) is 4.20. The van der Waals surface area contributed by atoms with Gasteiger partial charge in [0, 0.05) is 6.04 Å². The highest BCUT2D eigenvalue weighted by molar-refractivity contribution is 5.89. The van der Waals surface area contributed by atoms with E-state index in [0.717, 1.165) is 25.3 Å². The fraction of sp³-hybridized carbons (Fsp3) is 0.800. The Morgan fingerprint density at radius 1 is 1.35 bits per heavy atom. The molecule has 0 amide bonds. The van der Waals surface area contributed by atoms with Crippen LogP contribution in [-0.4, -0.2) is 44.1 Å². The number of carbonyl (C=O) groups is 1. The second-order valence-electron chi connectivity index (χ2n) is 5.61. The number of ketones is 1. The van der Waals surface area contributed by atoms with Gasteiger partial charge in [0.05, 0.1) is 12.0 Å². The van der Waals surface area contributed by atoms with Crippen LogP contribution in [-0.2, 0) is 11.2 Å². The van der Waals surface area contributed by atoms with Crippen molar-refractivity contribution in [3.63, 3.8) is 0 Å². The first-order valence-corrected chi connectivity index (χ1v) is 7.57. The molecule has 1 aromatic rings. The lowest BCUT2D eigenvalue weighted by molar-refractivity contribution is -0.130. The molecule has 0 aliphatic rings. The van der Waals surface area contributed by atoms with Crippen LogP contribution in [0, 0.1) is 0 Å². The van der Waals surface area contributed by atoms with Crippen LogP contribution >= 0.6 is 0 Å². The highest BCUT2D eigenvalue weighted by atomic mass is 16.1. The molecule has 0 bridgehead atoms. The Hall–Kier alpha value is -1.23. The summed E-state index contributed by atoms with van der Waals surface area (Å²) in [5.74, 6) is 0.982. The summed E-state index contributed by atoms with van der Waals surface area (Å²) in [7, 11) is 0. The minimum absolute atomic E-state index is 0.221. The Balaban J connectivity index is 2.95. The number of carbonyl (C=O) groups excluding carboxylic acids is 1. The van der Waals surface area contributed by atoms with Crippen molar-refractivity contribution in [2.24, 2.45) is 0 Å². The summed E-state index contributed by atoms with van der Waals surface area (Å²) in [6, 6.07) is 0.224. The van der Waals surface area contributed by atoms with Gasteiger partial charge in [-0.15, -0.1) is 0 Å². The lowest BCUT2D eigenvalue weighted by Crippen LogP contribution is -2.52. The Morgan fingerprint density at radius 2 is 1.95 bits per heavy atom. The molecule has 1 unspecified atom stereocenters. The summed E-state index contributed by atoms with van der Waals surface area (Å²) in [5.41, 5.74) is -0.419. The largest absolute Gasteiger partial charge is 0.297 e. The molecule has 1 rings (SSSR count). The predicted molar refractivity (Wildman–Crippen MR) is 80.7 cm³/mol. The fourth-order valence-electron chi connectivity index (χ4n) is 2.68. The monoisotopic (exact) mass is 280 g/mol. The van der Waals surface area contributed by atoms with Crippen molar-refractivity contribution in [2.75, 3.05) is 13.1 Å². The van der Waals surface area contributed by atoms with Crippen molar-refractivity contribution < 1.29 is 4.79 Å². The first kappa shape index (κ1) is 16.8. The van der Waals surface area contributed by atoms with Crippen molar-refractivity contribution in [3.8, 4) is 0 Å². The summed E-state index contributed by atoms with van der Waals surface area (Å²) >= 11 is 0. The number of Topliss-reactive ketones (excluding diaryl/α,β-unsaturated/α-hetero) is 1. The number of likely N-dealkylation sites (N-methyl/N-ethyl adjacent to an activating group) is 1. The van der Waals surface area contributed by atoms with Gasteiger partial charge in [0.25, 0.3) is 0 Å². The van der Waals surface area contributed by atoms with Crippen LogP contribution in [0.4, 0.5) is 0 Å². The third-order valence-corrected chi connectivity index (χ3v) is 4.21.